The minimum absolute atomic E-state index is 0.0216. The second kappa shape index (κ2) is 5.95. The maximum Gasteiger partial charge on any atom is 0.183 e. The molecule has 0 aliphatic heterocycles. The number of ketones is 1. The Morgan fingerprint density at radius 1 is 1.17 bits per heavy atom. The van der Waals surface area contributed by atoms with Crippen LogP contribution in [0.1, 0.15) is 13.8 Å². The summed E-state index contributed by atoms with van der Waals surface area (Å²) in [5.41, 5.74) is 1.65. The van der Waals surface area contributed by atoms with Crippen molar-refractivity contribution in [1.29, 1.82) is 0 Å². The summed E-state index contributed by atoms with van der Waals surface area (Å²) in [5, 5.41) is 17.0. The van der Waals surface area contributed by atoms with Crippen molar-refractivity contribution in [3.8, 4) is 0 Å². The van der Waals surface area contributed by atoms with Crippen LogP contribution in [0.2, 0.25) is 0 Å². The van der Waals surface area contributed by atoms with Crippen LogP contribution >= 0.6 is 0 Å². The molecule has 0 heterocycles. The maximum absolute atomic E-state index is 11.2. The molecule has 5 heteroatoms. The Bertz CT molecular complexity index is 483. The van der Waals surface area contributed by atoms with Crippen LogP contribution in [-0.4, -0.2) is 25.0 Å². The van der Waals surface area contributed by atoms with Gasteiger partial charge in [-0.1, -0.05) is 0 Å². The van der Waals surface area contributed by atoms with Crippen molar-refractivity contribution in [3.05, 3.63) is 35.7 Å². The third kappa shape index (κ3) is 3.69. The maximum atomic E-state index is 11.2. The Morgan fingerprint density at radius 3 is 2.11 bits per heavy atom. The molecule has 96 valence electrons. The number of carbonyl (C=O) groups is 1. The summed E-state index contributed by atoms with van der Waals surface area (Å²) in [5.74, 6) is -0.445. The van der Waals surface area contributed by atoms with Crippen molar-refractivity contribution in [2.24, 2.45) is 10.2 Å². The molecule has 0 radical (unpaired) electrons. The van der Waals surface area contributed by atoms with E-state index in [0.717, 1.165) is 5.69 Å². The highest BCUT2D eigenvalue weighted by molar-refractivity contribution is 5.93. The van der Waals surface area contributed by atoms with E-state index in [0.29, 0.717) is 5.69 Å². The summed E-state index contributed by atoms with van der Waals surface area (Å²) >= 11 is 0. The van der Waals surface area contributed by atoms with Gasteiger partial charge in [0.25, 0.3) is 0 Å². The van der Waals surface area contributed by atoms with E-state index in [1.54, 1.807) is 12.1 Å². The lowest BCUT2D eigenvalue weighted by Crippen LogP contribution is -2.07. The van der Waals surface area contributed by atoms with Crippen LogP contribution in [0.15, 0.2) is 46.0 Å². The number of rotatable bonds is 4. The van der Waals surface area contributed by atoms with Crippen LogP contribution in [0.25, 0.3) is 0 Å². The zero-order valence-electron chi connectivity index (χ0n) is 11.0. The molecule has 0 aliphatic rings. The largest absolute Gasteiger partial charge is 0.510 e. The van der Waals surface area contributed by atoms with Crippen molar-refractivity contribution in [2.75, 3.05) is 19.0 Å². The Morgan fingerprint density at radius 2 is 1.72 bits per heavy atom. The standard InChI is InChI=1S/C13H17N3O2/c1-9(17)13(10(2)18)15-14-11-5-7-12(8-6-11)16(3)4/h5-8,17H,1-4H3. The average Bonchev–Trinajstić information content (AvgIpc) is 2.28. The van der Waals surface area contributed by atoms with Gasteiger partial charge >= 0.3 is 0 Å². The molecular formula is C13H17N3O2. The van der Waals surface area contributed by atoms with Gasteiger partial charge in [-0.15, -0.1) is 5.11 Å². The molecule has 0 aromatic heterocycles. The van der Waals surface area contributed by atoms with Crippen LogP contribution in [-0.2, 0) is 4.79 Å². The number of benzene rings is 1. The first-order chi connectivity index (χ1) is 8.41. The molecule has 18 heavy (non-hydrogen) atoms. The Kier molecular flexibility index (Phi) is 4.59. The van der Waals surface area contributed by atoms with Gasteiger partial charge in [0, 0.05) is 26.7 Å². The van der Waals surface area contributed by atoms with Gasteiger partial charge in [-0.25, -0.2) is 0 Å². The zero-order chi connectivity index (χ0) is 13.7. The molecule has 0 fully saturated rings. The summed E-state index contributed by atoms with van der Waals surface area (Å²) in [6, 6.07) is 7.39. The third-order valence-corrected chi connectivity index (χ3v) is 2.31. The Balaban J connectivity index is 2.91. The first-order valence-electron chi connectivity index (χ1n) is 5.51. The number of azo groups is 1. The average molecular weight is 247 g/mol. The summed E-state index contributed by atoms with van der Waals surface area (Å²) < 4.78 is 0. The summed E-state index contributed by atoms with van der Waals surface area (Å²) in [6.45, 7) is 2.74. The monoisotopic (exact) mass is 247 g/mol. The molecule has 0 saturated heterocycles. The number of aliphatic hydroxyl groups excluding tert-OH is 1. The van der Waals surface area contributed by atoms with E-state index in [2.05, 4.69) is 10.2 Å². The van der Waals surface area contributed by atoms with E-state index in [4.69, 9.17) is 0 Å². The minimum Gasteiger partial charge on any atom is -0.510 e. The van der Waals surface area contributed by atoms with E-state index in [-0.39, 0.29) is 17.2 Å². The first kappa shape index (κ1) is 13.9. The predicted octanol–water partition coefficient (Wildman–Crippen LogP) is 3.21. The molecule has 0 atom stereocenters. The molecule has 1 aromatic carbocycles. The molecule has 0 unspecified atom stereocenters. The van der Waals surface area contributed by atoms with Gasteiger partial charge in [0.1, 0.15) is 5.76 Å². The molecule has 1 rings (SSSR count). The molecule has 1 N–H and O–H groups in total. The van der Waals surface area contributed by atoms with Crippen molar-refractivity contribution >= 4 is 17.2 Å². The number of Topliss-reactive ketones (excluding diaryl/α,β-unsaturated/α-hetero) is 1. The fourth-order valence-electron chi connectivity index (χ4n) is 1.32. The Hall–Kier alpha value is -2.17. The smallest absolute Gasteiger partial charge is 0.183 e. The molecule has 0 spiro atoms. The lowest BCUT2D eigenvalue weighted by atomic mass is 10.3. The first-order valence-corrected chi connectivity index (χ1v) is 5.51. The van der Waals surface area contributed by atoms with Crippen molar-refractivity contribution in [2.45, 2.75) is 13.8 Å². The predicted molar refractivity (Wildman–Crippen MR) is 71.3 cm³/mol. The highest BCUT2D eigenvalue weighted by Gasteiger charge is 2.06. The van der Waals surface area contributed by atoms with E-state index in [1.165, 1.54) is 13.8 Å². The number of hydrogen-bond donors (Lipinski definition) is 1. The molecule has 5 nitrogen and oxygen atoms in total. The molecule has 0 bridgehead atoms. The third-order valence-electron chi connectivity index (χ3n) is 2.31. The quantitative estimate of drug-likeness (QED) is 0.504. The normalized spacial score (nSPS) is 12.4. The van der Waals surface area contributed by atoms with Crippen LogP contribution in [0.3, 0.4) is 0 Å². The number of nitrogens with zero attached hydrogens (tertiary/aromatic N) is 3. The van der Waals surface area contributed by atoms with Gasteiger partial charge in [0.2, 0.25) is 0 Å². The Labute approximate surface area is 106 Å². The van der Waals surface area contributed by atoms with Crippen LogP contribution < -0.4 is 4.90 Å². The SMILES string of the molecule is CC(=O)C(N=Nc1ccc(N(C)C)cc1)=C(C)O. The van der Waals surface area contributed by atoms with Gasteiger partial charge < -0.3 is 10.0 Å². The minimum atomic E-state index is -0.316. The second-order valence-electron chi connectivity index (χ2n) is 4.10. The van der Waals surface area contributed by atoms with Gasteiger partial charge in [0.15, 0.2) is 11.5 Å². The number of allylic oxidation sites excluding steroid dienone is 2. The van der Waals surface area contributed by atoms with Gasteiger partial charge in [0.05, 0.1) is 5.69 Å². The van der Waals surface area contributed by atoms with Crippen molar-refractivity contribution < 1.29 is 9.90 Å². The molecular weight excluding hydrogens is 230 g/mol. The van der Waals surface area contributed by atoms with Crippen LogP contribution in [0, 0.1) is 0 Å². The number of carbonyl (C=O) groups excluding carboxylic acids is 1. The number of aliphatic hydroxyl groups is 1. The topological polar surface area (TPSA) is 65.3 Å². The molecule has 0 amide bonds. The van der Waals surface area contributed by atoms with Gasteiger partial charge in [-0.05, 0) is 31.2 Å². The molecule has 0 aliphatic carbocycles. The molecule has 1 aromatic rings. The van der Waals surface area contributed by atoms with E-state index < -0.39 is 0 Å². The van der Waals surface area contributed by atoms with E-state index in [9.17, 15) is 9.90 Å². The fourth-order valence-corrected chi connectivity index (χ4v) is 1.32. The van der Waals surface area contributed by atoms with E-state index in [1.807, 2.05) is 31.1 Å². The lowest BCUT2D eigenvalue weighted by molar-refractivity contribution is -0.113. The lowest BCUT2D eigenvalue weighted by Gasteiger charge is -2.11. The summed E-state index contributed by atoms with van der Waals surface area (Å²) in [4.78, 5) is 13.1. The van der Waals surface area contributed by atoms with Crippen molar-refractivity contribution in [1.82, 2.24) is 0 Å². The number of anilines is 1. The zero-order valence-corrected chi connectivity index (χ0v) is 11.0. The molecule has 0 saturated carbocycles. The second-order valence-corrected chi connectivity index (χ2v) is 4.10. The van der Waals surface area contributed by atoms with Gasteiger partial charge in [-0.3, -0.25) is 4.79 Å². The van der Waals surface area contributed by atoms with Gasteiger partial charge in [-0.2, -0.15) is 5.11 Å². The summed E-state index contributed by atoms with van der Waals surface area (Å²) in [7, 11) is 3.89. The van der Waals surface area contributed by atoms with Crippen LogP contribution in [0.5, 0.6) is 0 Å². The number of hydrogen-bond acceptors (Lipinski definition) is 5. The highest BCUT2D eigenvalue weighted by Crippen LogP contribution is 2.19. The van der Waals surface area contributed by atoms with E-state index >= 15 is 0 Å². The highest BCUT2D eigenvalue weighted by atomic mass is 16.3. The van der Waals surface area contributed by atoms with Crippen LogP contribution in [0.4, 0.5) is 11.4 Å². The van der Waals surface area contributed by atoms with Crippen molar-refractivity contribution in [3.63, 3.8) is 0 Å². The fraction of sp³-hybridized carbons (Fsp3) is 0.308. The summed E-state index contributed by atoms with van der Waals surface area (Å²) in [6.07, 6.45) is 0.